The van der Waals surface area contributed by atoms with Crippen molar-refractivity contribution in [3.05, 3.63) is 29.8 Å². The van der Waals surface area contributed by atoms with E-state index in [1.54, 1.807) is 0 Å². The maximum Gasteiger partial charge on any atom is 0.0392 e. The Hall–Kier alpha value is -1.02. The molecule has 1 heterocycles. The van der Waals surface area contributed by atoms with Crippen molar-refractivity contribution in [2.75, 3.05) is 5.32 Å². The summed E-state index contributed by atoms with van der Waals surface area (Å²) < 4.78 is 0. The van der Waals surface area contributed by atoms with Crippen LogP contribution in [0.25, 0.3) is 0 Å². The smallest absolute Gasteiger partial charge is 0.0392 e. The van der Waals surface area contributed by atoms with Crippen LogP contribution in [-0.4, -0.2) is 5.54 Å². The first-order valence-corrected chi connectivity index (χ1v) is 5.21. The van der Waals surface area contributed by atoms with E-state index in [0.29, 0.717) is 0 Å². The highest BCUT2D eigenvalue weighted by Crippen LogP contribution is 2.33. The lowest BCUT2D eigenvalue weighted by Crippen LogP contribution is -2.29. The van der Waals surface area contributed by atoms with Crippen LogP contribution in [0, 0.1) is 0 Å². The third-order valence-corrected chi connectivity index (χ3v) is 2.91. The van der Waals surface area contributed by atoms with Crippen LogP contribution < -0.4 is 11.1 Å². The van der Waals surface area contributed by atoms with Crippen molar-refractivity contribution in [3.63, 3.8) is 0 Å². The van der Waals surface area contributed by atoms with E-state index in [2.05, 4.69) is 43.4 Å². The van der Waals surface area contributed by atoms with Gasteiger partial charge in [-0.25, -0.2) is 0 Å². The van der Waals surface area contributed by atoms with Gasteiger partial charge in [-0.3, -0.25) is 0 Å². The van der Waals surface area contributed by atoms with Crippen LogP contribution in [0.2, 0.25) is 0 Å². The number of fused-ring (bicyclic) bond motifs is 1. The molecule has 1 aliphatic heterocycles. The van der Waals surface area contributed by atoms with Crippen molar-refractivity contribution in [1.29, 1.82) is 0 Å². The molecule has 0 aliphatic carbocycles. The van der Waals surface area contributed by atoms with Gasteiger partial charge in [0.2, 0.25) is 0 Å². The molecule has 1 unspecified atom stereocenters. The lowest BCUT2D eigenvalue weighted by atomic mass is 9.96. The van der Waals surface area contributed by atoms with Crippen LogP contribution in [-0.2, 0) is 0 Å². The van der Waals surface area contributed by atoms with Crippen LogP contribution in [0.1, 0.15) is 38.3 Å². The fourth-order valence-electron chi connectivity index (χ4n) is 2.03. The Morgan fingerprint density at radius 1 is 1.36 bits per heavy atom. The molecule has 0 aromatic heterocycles. The van der Waals surface area contributed by atoms with Gasteiger partial charge in [0.25, 0.3) is 0 Å². The molecule has 14 heavy (non-hydrogen) atoms. The topological polar surface area (TPSA) is 38.0 Å². The maximum atomic E-state index is 6.13. The number of para-hydroxylation sites is 1. The molecule has 0 spiro atoms. The summed E-state index contributed by atoms with van der Waals surface area (Å²) >= 11 is 0. The Kier molecular flexibility index (Phi) is 2.23. The predicted molar refractivity (Wildman–Crippen MR) is 60.3 cm³/mol. The molecule has 0 bridgehead atoms. The molecule has 0 saturated carbocycles. The van der Waals surface area contributed by atoms with Crippen LogP contribution in [0.15, 0.2) is 24.3 Å². The average Bonchev–Trinajstić information content (AvgIpc) is 2.25. The molecule has 0 fully saturated rings. The van der Waals surface area contributed by atoms with E-state index in [1.807, 2.05) is 0 Å². The minimum atomic E-state index is 0.157. The van der Waals surface area contributed by atoms with E-state index in [0.717, 1.165) is 12.8 Å². The molecule has 1 aromatic carbocycles. The van der Waals surface area contributed by atoms with Gasteiger partial charge in [-0.15, -0.1) is 0 Å². The molecule has 76 valence electrons. The van der Waals surface area contributed by atoms with Gasteiger partial charge in [0, 0.05) is 17.3 Å². The molecule has 2 heteroatoms. The van der Waals surface area contributed by atoms with Gasteiger partial charge in [0.1, 0.15) is 0 Å². The van der Waals surface area contributed by atoms with Crippen molar-refractivity contribution >= 4 is 5.69 Å². The van der Waals surface area contributed by atoms with E-state index < -0.39 is 0 Å². The highest BCUT2D eigenvalue weighted by molar-refractivity contribution is 5.55. The Bertz CT molecular complexity index is 331. The Labute approximate surface area is 85.5 Å². The van der Waals surface area contributed by atoms with Crippen molar-refractivity contribution < 1.29 is 0 Å². The number of rotatable bonds is 0. The molecule has 2 nitrogen and oxygen atoms in total. The quantitative estimate of drug-likeness (QED) is 0.660. The third kappa shape index (κ3) is 1.75. The predicted octanol–water partition coefficient (Wildman–Crippen LogP) is 2.67. The maximum absolute atomic E-state index is 6.13. The zero-order valence-corrected chi connectivity index (χ0v) is 8.88. The fourth-order valence-corrected chi connectivity index (χ4v) is 2.03. The summed E-state index contributed by atoms with van der Waals surface area (Å²) in [5.41, 5.74) is 8.73. The Morgan fingerprint density at radius 2 is 2.07 bits per heavy atom. The molecular weight excluding hydrogens is 172 g/mol. The lowest BCUT2D eigenvalue weighted by molar-refractivity contribution is 0.480. The minimum absolute atomic E-state index is 0.157. The van der Waals surface area contributed by atoms with E-state index in [9.17, 15) is 0 Å². The molecule has 1 aliphatic rings. The number of hydrogen-bond donors (Lipinski definition) is 2. The van der Waals surface area contributed by atoms with Crippen LogP contribution in [0.4, 0.5) is 5.69 Å². The minimum Gasteiger partial charge on any atom is -0.380 e. The van der Waals surface area contributed by atoms with Gasteiger partial charge in [-0.1, -0.05) is 18.2 Å². The second-order valence-corrected chi connectivity index (χ2v) is 4.74. The number of nitrogens with two attached hydrogens (primary N) is 1. The summed E-state index contributed by atoms with van der Waals surface area (Å²) in [7, 11) is 0. The molecule has 2 rings (SSSR count). The average molecular weight is 190 g/mol. The summed E-state index contributed by atoms with van der Waals surface area (Å²) in [6, 6.07) is 8.52. The summed E-state index contributed by atoms with van der Waals surface area (Å²) in [5, 5.41) is 3.55. The normalized spacial score (nSPS) is 24.6. The van der Waals surface area contributed by atoms with Crippen molar-refractivity contribution in [3.8, 4) is 0 Å². The molecular formula is C12H18N2. The van der Waals surface area contributed by atoms with Gasteiger partial charge < -0.3 is 11.1 Å². The van der Waals surface area contributed by atoms with E-state index in [-0.39, 0.29) is 11.6 Å². The molecule has 0 saturated heterocycles. The van der Waals surface area contributed by atoms with Gasteiger partial charge >= 0.3 is 0 Å². The van der Waals surface area contributed by atoms with Gasteiger partial charge in [-0.2, -0.15) is 0 Å². The standard InChI is InChI=1S/C12H18N2/c1-12(2)8-7-10(13)9-5-3-4-6-11(9)14-12/h3-6,10,14H,7-8,13H2,1-2H3. The third-order valence-electron chi connectivity index (χ3n) is 2.91. The highest BCUT2D eigenvalue weighted by atomic mass is 15.0. The lowest BCUT2D eigenvalue weighted by Gasteiger charge is -2.25. The summed E-state index contributed by atoms with van der Waals surface area (Å²) in [5.74, 6) is 0. The van der Waals surface area contributed by atoms with Crippen LogP contribution >= 0.6 is 0 Å². The molecule has 1 aromatic rings. The first-order valence-electron chi connectivity index (χ1n) is 5.21. The molecule has 0 radical (unpaired) electrons. The van der Waals surface area contributed by atoms with Crippen molar-refractivity contribution in [2.24, 2.45) is 5.73 Å². The number of hydrogen-bond acceptors (Lipinski definition) is 2. The molecule has 3 N–H and O–H groups in total. The zero-order valence-electron chi connectivity index (χ0n) is 8.88. The molecule has 1 atom stereocenters. The van der Waals surface area contributed by atoms with Gasteiger partial charge in [0.15, 0.2) is 0 Å². The van der Waals surface area contributed by atoms with Crippen LogP contribution in [0.5, 0.6) is 0 Å². The second-order valence-electron chi connectivity index (χ2n) is 4.74. The van der Waals surface area contributed by atoms with Crippen molar-refractivity contribution in [1.82, 2.24) is 0 Å². The second kappa shape index (κ2) is 3.28. The Morgan fingerprint density at radius 3 is 2.86 bits per heavy atom. The van der Waals surface area contributed by atoms with E-state index in [4.69, 9.17) is 5.73 Å². The van der Waals surface area contributed by atoms with Gasteiger partial charge in [-0.05, 0) is 38.3 Å². The zero-order chi connectivity index (χ0) is 10.2. The number of nitrogens with one attached hydrogen (secondary N) is 1. The monoisotopic (exact) mass is 190 g/mol. The largest absolute Gasteiger partial charge is 0.380 e. The Balaban J connectivity index is 2.41. The first-order chi connectivity index (χ1) is 6.58. The summed E-state index contributed by atoms with van der Waals surface area (Å²) in [6.07, 6.45) is 2.17. The highest BCUT2D eigenvalue weighted by Gasteiger charge is 2.25. The van der Waals surface area contributed by atoms with Gasteiger partial charge in [0.05, 0.1) is 0 Å². The fraction of sp³-hybridized carbons (Fsp3) is 0.500. The summed E-state index contributed by atoms with van der Waals surface area (Å²) in [4.78, 5) is 0. The van der Waals surface area contributed by atoms with Crippen LogP contribution in [0.3, 0.4) is 0 Å². The SMILES string of the molecule is CC1(C)CCC(N)c2ccccc2N1. The van der Waals surface area contributed by atoms with E-state index >= 15 is 0 Å². The summed E-state index contributed by atoms with van der Waals surface area (Å²) in [6.45, 7) is 4.45. The van der Waals surface area contributed by atoms with Crippen molar-refractivity contribution in [2.45, 2.75) is 38.3 Å². The number of benzene rings is 1. The number of anilines is 1. The first kappa shape index (κ1) is 9.53. The van der Waals surface area contributed by atoms with E-state index in [1.165, 1.54) is 11.3 Å². The molecule has 0 amide bonds.